The summed E-state index contributed by atoms with van der Waals surface area (Å²) in [5.74, 6) is 0.702. The summed E-state index contributed by atoms with van der Waals surface area (Å²) in [7, 11) is 0. The smallest absolute Gasteiger partial charge is 0.213 e. The standard InChI is InChI=1S/C17H12BrClN4/c1-10-9-23-16(20-10)14-6-5-11(18)7-15(14)22-17(23)21-13-4-2-3-12(19)8-13/h2-9H,1H3,(H,21,22). The van der Waals surface area contributed by atoms with Crippen LogP contribution in [-0.4, -0.2) is 14.4 Å². The molecule has 6 heteroatoms. The molecule has 4 rings (SSSR count). The van der Waals surface area contributed by atoms with Crippen LogP contribution in [-0.2, 0) is 0 Å². The van der Waals surface area contributed by atoms with E-state index >= 15 is 0 Å². The van der Waals surface area contributed by atoms with E-state index < -0.39 is 0 Å². The molecule has 2 aromatic heterocycles. The van der Waals surface area contributed by atoms with Crippen LogP contribution in [0.15, 0.2) is 53.1 Å². The Labute approximate surface area is 146 Å². The summed E-state index contributed by atoms with van der Waals surface area (Å²) < 4.78 is 2.95. The normalized spacial score (nSPS) is 11.3. The van der Waals surface area contributed by atoms with Crippen molar-refractivity contribution in [3.63, 3.8) is 0 Å². The highest BCUT2D eigenvalue weighted by molar-refractivity contribution is 9.10. The van der Waals surface area contributed by atoms with Gasteiger partial charge in [-0.3, -0.25) is 4.40 Å². The van der Waals surface area contributed by atoms with Crippen LogP contribution in [0.1, 0.15) is 5.69 Å². The second-order valence-electron chi connectivity index (χ2n) is 5.31. The molecule has 0 amide bonds. The summed E-state index contributed by atoms with van der Waals surface area (Å²) >= 11 is 9.56. The number of halogens is 2. The lowest BCUT2D eigenvalue weighted by Crippen LogP contribution is -2.02. The van der Waals surface area contributed by atoms with Gasteiger partial charge in [-0.2, -0.15) is 0 Å². The maximum Gasteiger partial charge on any atom is 0.213 e. The van der Waals surface area contributed by atoms with Crippen molar-refractivity contribution < 1.29 is 0 Å². The van der Waals surface area contributed by atoms with E-state index in [2.05, 4.69) is 26.2 Å². The van der Waals surface area contributed by atoms with Crippen LogP contribution >= 0.6 is 27.5 Å². The number of benzene rings is 2. The van der Waals surface area contributed by atoms with Crippen molar-refractivity contribution in [1.82, 2.24) is 14.4 Å². The van der Waals surface area contributed by atoms with Crippen LogP contribution in [0.5, 0.6) is 0 Å². The minimum absolute atomic E-state index is 0.677. The monoisotopic (exact) mass is 386 g/mol. The Balaban J connectivity index is 1.96. The van der Waals surface area contributed by atoms with E-state index in [9.17, 15) is 0 Å². The number of rotatable bonds is 2. The average Bonchev–Trinajstić information content (AvgIpc) is 2.89. The van der Waals surface area contributed by atoms with Gasteiger partial charge in [0.05, 0.1) is 11.2 Å². The van der Waals surface area contributed by atoms with Crippen molar-refractivity contribution in [3.8, 4) is 0 Å². The lowest BCUT2D eigenvalue weighted by atomic mass is 10.2. The first-order chi connectivity index (χ1) is 11.1. The number of hydrogen-bond acceptors (Lipinski definition) is 3. The molecule has 2 aromatic carbocycles. The Morgan fingerprint density at radius 1 is 1.13 bits per heavy atom. The first kappa shape index (κ1) is 14.5. The van der Waals surface area contributed by atoms with Gasteiger partial charge in [-0.15, -0.1) is 0 Å². The third-order valence-corrected chi connectivity index (χ3v) is 4.29. The number of anilines is 2. The topological polar surface area (TPSA) is 42.2 Å². The third-order valence-electron chi connectivity index (χ3n) is 3.56. The first-order valence-corrected chi connectivity index (χ1v) is 8.25. The Morgan fingerprint density at radius 3 is 2.83 bits per heavy atom. The van der Waals surface area contributed by atoms with Crippen LogP contribution < -0.4 is 5.32 Å². The van der Waals surface area contributed by atoms with Crippen LogP contribution in [0.3, 0.4) is 0 Å². The van der Waals surface area contributed by atoms with Gasteiger partial charge in [0.1, 0.15) is 5.65 Å². The van der Waals surface area contributed by atoms with Crippen molar-refractivity contribution in [2.24, 2.45) is 0 Å². The fourth-order valence-electron chi connectivity index (χ4n) is 2.59. The molecule has 0 bridgehead atoms. The minimum atomic E-state index is 0.677. The van der Waals surface area contributed by atoms with Crippen molar-refractivity contribution in [2.45, 2.75) is 6.92 Å². The van der Waals surface area contributed by atoms with Crippen molar-refractivity contribution in [1.29, 1.82) is 0 Å². The molecule has 0 spiro atoms. The van der Waals surface area contributed by atoms with E-state index in [-0.39, 0.29) is 0 Å². The van der Waals surface area contributed by atoms with Gasteiger partial charge < -0.3 is 5.32 Å². The molecule has 114 valence electrons. The predicted octanol–water partition coefficient (Wildman–Crippen LogP) is 5.35. The van der Waals surface area contributed by atoms with Crippen molar-refractivity contribution >= 4 is 55.7 Å². The number of nitrogens with one attached hydrogen (secondary N) is 1. The largest absolute Gasteiger partial charge is 0.325 e. The van der Waals surface area contributed by atoms with Gasteiger partial charge in [0.15, 0.2) is 0 Å². The molecule has 0 aliphatic heterocycles. The number of hydrogen-bond donors (Lipinski definition) is 1. The second kappa shape index (κ2) is 5.51. The number of aromatic nitrogens is 3. The molecule has 0 aliphatic carbocycles. The fraction of sp³-hybridized carbons (Fsp3) is 0.0588. The lowest BCUT2D eigenvalue weighted by molar-refractivity contribution is 1.12. The van der Waals surface area contributed by atoms with E-state index in [1.165, 1.54) is 0 Å². The summed E-state index contributed by atoms with van der Waals surface area (Å²) in [6.07, 6.45) is 1.97. The first-order valence-electron chi connectivity index (χ1n) is 7.08. The molecule has 4 aromatic rings. The van der Waals surface area contributed by atoms with Gasteiger partial charge in [-0.25, -0.2) is 9.97 Å². The molecule has 0 atom stereocenters. The Bertz CT molecular complexity index is 1040. The zero-order valence-corrected chi connectivity index (χ0v) is 14.6. The molecule has 0 saturated carbocycles. The number of fused-ring (bicyclic) bond motifs is 3. The molecule has 2 heterocycles. The van der Waals surface area contributed by atoms with E-state index in [1.54, 1.807) is 0 Å². The number of aryl methyl sites for hydroxylation is 1. The van der Waals surface area contributed by atoms with Crippen LogP contribution in [0.2, 0.25) is 5.02 Å². The van der Waals surface area contributed by atoms with Crippen LogP contribution in [0, 0.1) is 6.92 Å². The van der Waals surface area contributed by atoms with Crippen molar-refractivity contribution in [2.75, 3.05) is 5.32 Å². The van der Waals surface area contributed by atoms with E-state index in [1.807, 2.05) is 60.0 Å². The number of imidazole rings is 1. The SMILES string of the molecule is Cc1cn2c(Nc3cccc(Cl)c3)nc3cc(Br)ccc3c2n1. The summed E-state index contributed by atoms with van der Waals surface area (Å²) in [5, 5.41) is 5.01. The molecular weight excluding hydrogens is 376 g/mol. The van der Waals surface area contributed by atoms with Gasteiger partial charge >= 0.3 is 0 Å². The van der Waals surface area contributed by atoms with Gasteiger partial charge in [-0.1, -0.05) is 33.6 Å². The maximum atomic E-state index is 6.06. The van der Waals surface area contributed by atoms with Gasteiger partial charge in [0, 0.05) is 26.8 Å². The van der Waals surface area contributed by atoms with Crippen LogP contribution in [0.4, 0.5) is 11.6 Å². The quantitative estimate of drug-likeness (QED) is 0.504. The lowest BCUT2D eigenvalue weighted by Gasteiger charge is -2.10. The second-order valence-corrected chi connectivity index (χ2v) is 6.66. The van der Waals surface area contributed by atoms with Gasteiger partial charge in [0.2, 0.25) is 5.95 Å². The summed E-state index contributed by atoms with van der Waals surface area (Å²) in [5.41, 5.74) is 3.58. The molecule has 0 aliphatic rings. The molecule has 0 radical (unpaired) electrons. The third kappa shape index (κ3) is 2.66. The highest BCUT2D eigenvalue weighted by atomic mass is 79.9. The molecule has 0 unspecified atom stereocenters. The fourth-order valence-corrected chi connectivity index (χ4v) is 3.13. The van der Waals surface area contributed by atoms with E-state index in [4.69, 9.17) is 16.6 Å². The van der Waals surface area contributed by atoms with E-state index in [0.29, 0.717) is 11.0 Å². The van der Waals surface area contributed by atoms with Crippen molar-refractivity contribution in [3.05, 3.63) is 63.9 Å². The summed E-state index contributed by atoms with van der Waals surface area (Å²) in [4.78, 5) is 9.37. The zero-order valence-electron chi connectivity index (χ0n) is 12.2. The Kier molecular flexibility index (Phi) is 3.47. The molecule has 0 saturated heterocycles. The highest BCUT2D eigenvalue weighted by Crippen LogP contribution is 2.27. The van der Waals surface area contributed by atoms with E-state index in [0.717, 1.165) is 32.4 Å². The average molecular weight is 388 g/mol. The molecular formula is C17H12BrClN4. The molecule has 4 nitrogen and oxygen atoms in total. The molecule has 23 heavy (non-hydrogen) atoms. The highest BCUT2D eigenvalue weighted by Gasteiger charge is 2.11. The maximum absolute atomic E-state index is 6.06. The Morgan fingerprint density at radius 2 is 2.00 bits per heavy atom. The predicted molar refractivity (Wildman–Crippen MR) is 97.7 cm³/mol. The molecule has 1 N–H and O–H groups in total. The molecule has 0 fully saturated rings. The summed E-state index contributed by atoms with van der Waals surface area (Å²) in [6, 6.07) is 13.6. The Hall–Kier alpha value is -2.11. The summed E-state index contributed by atoms with van der Waals surface area (Å²) in [6.45, 7) is 1.97. The van der Waals surface area contributed by atoms with Crippen LogP contribution in [0.25, 0.3) is 16.6 Å². The van der Waals surface area contributed by atoms with Gasteiger partial charge in [-0.05, 0) is 43.3 Å². The zero-order chi connectivity index (χ0) is 16.0. The minimum Gasteiger partial charge on any atom is -0.325 e. The van der Waals surface area contributed by atoms with Gasteiger partial charge in [0.25, 0.3) is 0 Å². The number of nitrogens with zero attached hydrogens (tertiary/aromatic N) is 3.